The van der Waals surface area contributed by atoms with E-state index in [1.54, 1.807) is 25.2 Å². The Labute approximate surface area is 192 Å². The first kappa shape index (κ1) is 24.0. The molecule has 0 radical (unpaired) electrons. The topological polar surface area (TPSA) is 64.1 Å². The lowest BCUT2D eigenvalue weighted by Gasteiger charge is -2.17. The molecule has 3 rings (SSSR count). The molecule has 2 aromatic rings. The number of nitrogens with one attached hydrogen (secondary N) is 2. The van der Waals surface area contributed by atoms with E-state index >= 15 is 0 Å². The summed E-state index contributed by atoms with van der Waals surface area (Å²) in [4.78, 5) is 4.20. The molecule has 0 aromatic heterocycles. The highest BCUT2D eigenvalue weighted by Crippen LogP contribution is 2.33. The summed E-state index contributed by atoms with van der Waals surface area (Å²) in [6.07, 6.45) is 0.838. The molecule has 1 heterocycles. The molecule has 30 heavy (non-hydrogen) atoms. The molecule has 0 amide bonds. The molecule has 164 valence electrons. The summed E-state index contributed by atoms with van der Waals surface area (Å²) in [5, 5.41) is 6.35. The van der Waals surface area contributed by atoms with E-state index in [1.807, 2.05) is 25.1 Å². The molecule has 2 aromatic carbocycles. The number of aliphatic imine (C=N–C) groups is 1. The predicted octanol–water partition coefficient (Wildman–Crippen LogP) is 4.24. The van der Waals surface area contributed by atoms with E-state index in [1.165, 1.54) is 0 Å². The predicted molar refractivity (Wildman–Crippen MR) is 122 cm³/mol. The van der Waals surface area contributed by atoms with Crippen LogP contribution in [-0.2, 0) is 13.1 Å². The number of nitrogens with zero attached hydrogens (tertiary/aromatic N) is 1. The van der Waals surface area contributed by atoms with Crippen LogP contribution in [0.3, 0.4) is 0 Å². The van der Waals surface area contributed by atoms with Crippen molar-refractivity contribution in [3.05, 3.63) is 53.1 Å². The molecule has 0 unspecified atom stereocenters. The fourth-order valence-corrected chi connectivity index (χ4v) is 3.03. The Hall–Kier alpha value is -2.30. The number of hydrogen-bond donors (Lipinski definition) is 2. The SMILES string of the molecule is CN=C(NCc1cc(C)ccc1OC(F)F)NCc1cccc2c1OCCCO2.I. The lowest BCUT2D eigenvalue weighted by molar-refractivity contribution is -0.0504. The van der Waals surface area contributed by atoms with Crippen LogP contribution in [0.15, 0.2) is 41.4 Å². The summed E-state index contributed by atoms with van der Waals surface area (Å²) >= 11 is 0. The lowest BCUT2D eigenvalue weighted by Crippen LogP contribution is -2.36. The van der Waals surface area contributed by atoms with Crippen molar-refractivity contribution in [3.8, 4) is 17.2 Å². The van der Waals surface area contributed by atoms with E-state index in [4.69, 9.17) is 9.47 Å². The number of aryl methyl sites for hydroxylation is 1. The number of halogens is 3. The highest BCUT2D eigenvalue weighted by molar-refractivity contribution is 14.0. The van der Waals surface area contributed by atoms with Gasteiger partial charge in [-0.05, 0) is 19.1 Å². The van der Waals surface area contributed by atoms with Gasteiger partial charge in [0.15, 0.2) is 17.5 Å². The van der Waals surface area contributed by atoms with Crippen LogP contribution in [0.1, 0.15) is 23.1 Å². The fraction of sp³-hybridized carbons (Fsp3) is 0.381. The van der Waals surface area contributed by atoms with Crippen LogP contribution in [0, 0.1) is 6.92 Å². The molecular weight excluding hydrogens is 507 g/mol. The van der Waals surface area contributed by atoms with Gasteiger partial charge >= 0.3 is 6.61 Å². The fourth-order valence-electron chi connectivity index (χ4n) is 3.03. The lowest BCUT2D eigenvalue weighted by atomic mass is 10.1. The Kier molecular flexibility index (Phi) is 9.41. The normalized spacial score (nSPS) is 13.3. The van der Waals surface area contributed by atoms with Crippen molar-refractivity contribution in [2.45, 2.75) is 33.0 Å². The Morgan fingerprint density at radius 3 is 2.57 bits per heavy atom. The summed E-state index contributed by atoms with van der Waals surface area (Å²) in [6.45, 7) is 1.02. The molecule has 0 fully saturated rings. The van der Waals surface area contributed by atoms with Gasteiger partial charge in [-0.2, -0.15) is 8.78 Å². The third-order valence-corrected chi connectivity index (χ3v) is 4.40. The van der Waals surface area contributed by atoms with Gasteiger partial charge in [0.05, 0.1) is 13.2 Å². The van der Waals surface area contributed by atoms with Crippen molar-refractivity contribution in [2.75, 3.05) is 20.3 Å². The highest BCUT2D eigenvalue weighted by atomic mass is 127. The van der Waals surface area contributed by atoms with Gasteiger partial charge in [0.25, 0.3) is 0 Å². The molecule has 9 heteroatoms. The van der Waals surface area contributed by atoms with Gasteiger partial charge in [0, 0.05) is 37.7 Å². The van der Waals surface area contributed by atoms with E-state index in [9.17, 15) is 8.78 Å². The summed E-state index contributed by atoms with van der Waals surface area (Å²) in [5.41, 5.74) is 2.53. The molecule has 0 aliphatic carbocycles. The van der Waals surface area contributed by atoms with Crippen LogP contribution in [0.2, 0.25) is 0 Å². The first-order valence-corrected chi connectivity index (χ1v) is 9.43. The number of alkyl halides is 2. The van der Waals surface area contributed by atoms with E-state index in [0.717, 1.165) is 29.0 Å². The maximum Gasteiger partial charge on any atom is 0.387 e. The second kappa shape index (κ2) is 11.8. The number of para-hydroxylation sites is 1. The van der Waals surface area contributed by atoms with Gasteiger partial charge in [-0.25, -0.2) is 0 Å². The average Bonchev–Trinajstić information content (AvgIpc) is 2.95. The van der Waals surface area contributed by atoms with Gasteiger partial charge in [-0.1, -0.05) is 29.8 Å². The van der Waals surface area contributed by atoms with Crippen molar-refractivity contribution in [1.29, 1.82) is 0 Å². The Morgan fingerprint density at radius 1 is 1.10 bits per heavy atom. The zero-order valence-corrected chi connectivity index (χ0v) is 19.2. The maximum absolute atomic E-state index is 12.6. The summed E-state index contributed by atoms with van der Waals surface area (Å²) in [7, 11) is 1.65. The maximum atomic E-state index is 12.6. The van der Waals surface area contributed by atoms with Crippen LogP contribution >= 0.6 is 24.0 Å². The van der Waals surface area contributed by atoms with E-state index < -0.39 is 6.61 Å². The summed E-state index contributed by atoms with van der Waals surface area (Å²) in [5.74, 6) is 2.15. The Balaban J connectivity index is 0.00000320. The van der Waals surface area contributed by atoms with E-state index in [2.05, 4.69) is 20.4 Å². The molecule has 1 aliphatic heterocycles. The number of hydrogen-bond acceptors (Lipinski definition) is 4. The standard InChI is InChI=1S/C21H25F2N3O3.HI/c1-14-7-8-17(29-20(22)23)16(11-14)13-26-21(24-2)25-12-15-5-3-6-18-19(15)28-10-4-9-27-18;/h3,5-8,11,20H,4,9-10,12-13H2,1-2H3,(H2,24,25,26);1H. The highest BCUT2D eigenvalue weighted by Gasteiger charge is 2.15. The smallest absolute Gasteiger partial charge is 0.387 e. The van der Waals surface area contributed by atoms with Crippen molar-refractivity contribution in [2.24, 2.45) is 4.99 Å². The summed E-state index contributed by atoms with van der Waals surface area (Å²) < 4.78 is 41.4. The van der Waals surface area contributed by atoms with Gasteiger partial charge in [0.2, 0.25) is 0 Å². The molecule has 0 atom stereocenters. The van der Waals surface area contributed by atoms with Crippen molar-refractivity contribution >= 4 is 29.9 Å². The Bertz CT molecular complexity index is 865. The van der Waals surface area contributed by atoms with Crippen LogP contribution in [0.5, 0.6) is 17.2 Å². The largest absolute Gasteiger partial charge is 0.490 e. The van der Waals surface area contributed by atoms with Gasteiger partial charge in [-0.3, -0.25) is 4.99 Å². The molecule has 2 N–H and O–H groups in total. The number of fused-ring (bicyclic) bond motifs is 1. The zero-order chi connectivity index (χ0) is 20.6. The average molecular weight is 533 g/mol. The van der Waals surface area contributed by atoms with Crippen molar-refractivity contribution in [3.63, 3.8) is 0 Å². The van der Waals surface area contributed by atoms with E-state index in [-0.39, 0.29) is 36.3 Å². The molecule has 0 spiro atoms. The van der Waals surface area contributed by atoms with Crippen LogP contribution < -0.4 is 24.8 Å². The quantitative estimate of drug-likeness (QED) is 0.331. The van der Waals surface area contributed by atoms with Crippen LogP contribution in [-0.4, -0.2) is 32.8 Å². The monoisotopic (exact) mass is 533 g/mol. The number of ether oxygens (including phenoxy) is 3. The minimum atomic E-state index is -2.87. The minimum absolute atomic E-state index is 0. The molecule has 0 saturated carbocycles. The Morgan fingerprint density at radius 2 is 1.83 bits per heavy atom. The molecule has 6 nitrogen and oxygen atoms in total. The molecule has 0 saturated heterocycles. The number of guanidine groups is 1. The second-order valence-electron chi connectivity index (χ2n) is 6.56. The number of benzene rings is 2. The zero-order valence-electron chi connectivity index (χ0n) is 16.9. The van der Waals surface area contributed by atoms with Crippen molar-refractivity contribution < 1.29 is 23.0 Å². The molecular formula is C21H26F2IN3O3. The molecule has 1 aliphatic rings. The molecule has 0 bridgehead atoms. The van der Waals surface area contributed by atoms with Crippen LogP contribution in [0.4, 0.5) is 8.78 Å². The minimum Gasteiger partial charge on any atom is -0.490 e. The first-order valence-electron chi connectivity index (χ1n) is 9.43. The first-order chi connectivity index (χ1) is 14.1. The van der Waals surface area contributed by atoms with Crippen molar-refractivity contribution in [1.82, 2.24) is 10.6 Å². The number of rotatable bonds is 6. The van der Waals surface area contributed by atoms with E-state index in [0.29, 0.717) is 31.3 Å². The van der Waals surface area contributed by atoms with Gasteiger partial charge in [0.1, 0.15) is 5.75 Å². The third kappa shape index (κ3) is 6.61. The van der Waals surface area contributed by atoms with Crippen LogP contribution in [0.25, 0.3) is 0 Å². The second-order valence-corrected chi connectivity index (χ2v) is 6.56. The van der Waals surface area contributed by atoms with Gasteiger partial charge in [-0.15, -0.1) is 24.0 Å². The third-order valence-electron chi connectivity index (χ3n) is 4.40. The van der Waals surface area contributed by atoms with Gasteiger partial charge < -0.3 is 24.8 Å². The summed E-state index contributed by atoms with van der Waals surface area (Å²) in [6, 6.07) is 10.9.